The topological polar surface area (TPSA) is 43.5 Å². The van der Waals surface area contributed by atoms with E-state index < -0.39 is 5.41 Å². The van der Waals surface area contributed by atoms with Gasteiger partial charge in [-0.1, -0.05) is 72.8 Å². The van der Waals surface area contributed by atoms with Crippen molar-refractivity contribution in [1.29, 1.82) is 0 Å². The van der Waals surface area contributed by atoms with Crippen molar-refractivity contribution in [1.82, 2.24) is 0 Å². The second-order valence-corrected chi connectivity index (χ2v) is 10.2. The summed E-state index contributed by atoms with van der Waals surface area (Å²) >= 11 is 0. The molecule has 2 saturated heterocycles. The summed E-state index contributed by atoms with van der Waals surface area (Å²) < 4.78 is 23.4. The summed E-state index contributed by atoms with van der Waals surface area (Å²) in [6.07, 6.45) is 0.410. The van der Waals surface area contributed by atoms with Gasteiger partial charge in [0, 0.05) is 0 Å². The quantitative estimate of drug-likeness (QED) is 0.242. The highest BCUT2D eigenvalue weighted by molar-refractivity contribution is 5.87. The molecule has 0 radical (unpaired) electrons. The van der Waals surface area contributed by atoms with Crippen molar-refractivity contribution in [3.63, 3.8) is 0 Å². The van der Waals surface area contributed by atoms with Crippen LogP contribution >= 0.6 is 0 Å². The van der Waals surface area contributed by atoms with Gasteiger partial charge in [0.15, 0.2) is 0 Å². The monoisotopic (exact) mass is 490 g/mol. The van der Waals surface area contributed by atoms with Crippen molar-refractivity contribution in [3.05, 3.63) is 118 Å². The number of rotatable bonds is 8. The molecule has 3 aliphatic rings. The molecule has 7 rings (SSSR count). The molecule has 2 fully saturated rings. The van der Waals surface area contributed by atoms with Crippen LogP contribution in [0.2, 0.25) is 0 Å². The first-order valence-electron chi connectivity index (χ1n) is 13.1. The highest BCUT2D eigenvalue weighted by Gasteiger charge is 2.48. The van der Waals surface area contributed by atoms with Crippen LogP contribution < -0.4 is 9.47 Å². The molecule has 0 aromatic heterocycles. The Labute approximate surface area is 217 Å². The van der Waals surface area contributed by atoms with E-state index in [2.05, 4.69) is 98.8 Å². The van der Waals surface area contributed by atoms with E-state index in [4.69, 9.17) is 18.9 Å². The van der Waals surface area contributed by atoms with Crippen LogP contribution in [0.4, 0.5) is 0 Å². The predicted molar refractivity (Wildman–Crippen MR) is 144 cm³/mol. The summed E-state index contributed by atoms with van der Waals surface area (Å²) in [6, 6.07) is 30.5. The van der Waals surface area contributed by atoms with Crippen LogP contribution in [0.1, 0.15) is 33.4 Å². The van der Waals surface area contributed by atoms with Crippen LogP contribution in [0.25, 0.3) is 11.1 Å². The van der Waals surface area contributed by atoms with E-state index in [0.717, 1.165) is 35.8 Å². The molecule has 1 aliphatic carbocycles. The second-order valence-electron chi connectivity index (χ2n) is 10.2. The first-order chi connectivity index (χ1) is 18.2. The Kier molecular flexibility index (Phi) is 5.35. The van der Waals surface area contributed by atoms with Crippen molar-refractivity contribution in [2.75, 3.05) is 26.4 Å². The van der Waals surface area contributed by atoms with Crippen LogP contribution in [0.5, 0.6) is 11.5 Å². The number of epoxide rings is 2. The molecule has 0 bridgehead atoms. The van der Waals surface area contributed by atoms with E-state index in [9.17, 15) is 0 Å². The number of fused-ring (bicyclic) bond motifs is 3. The van der Waals surface area contributed by atoms with Gasteiger partial charge in [0.05, 0.1) is 18.6 Å². The molecule has 186 valence electrons. The lowest BCUT2D eigenvalue weighted by molar-refractivity contribution is 0.261. The number of hydrogen-bond donors (Lipinski definition) is 0. The second kappa shape index (κ2) is 8.76. The third-order valence-corrected chi connectivity index (χ3v) is 7.98. The largest absolute Gasteiger partial charge is 0.491 e. The minimum absolute atomic E-state index is 0.205. The van der Waals surface area contributed by atoms with Crippen molar-refractivity contribution in [3.8, 4) is 22.6 Å². The predicted octanol–water partition coefficient (Wildman–Crippen LogP) is 6.22. The Bertz CT molecular complexity index is 1370. The minimum Gasteiger partial charge on any atom is -0.491 e. The molecule has 2 heterocycles. The van der Waals surface area contributed by atoms with E-state index in [-0.39, 0.29) is 12.2 Å². The zero-order chi connectivity index (χ0) is 25.0. The lowest BCUT2D eigenvalue weighted by Crippen LogP contribution is -2.31. The van der Waals surface area contributed by atoms with E-state index in [1.54, 1.807) is 0 Å². The summed E-state index contributed by atoms with van der Waals surface area (Å²) in [5.41, 5.74) is 9.35. The number of hydrogen-bond acceptors (Lipinski definition) is 4. The van der Waals surface area contributed by atoms with Gasteiger partial charge in [-0.2, -0.15) is 0 Å². The molecular formula is C33H30O4. The van der Waals surface area contributed by atoms with Gasteiger partial charge in [-0.15, -0.1) is 0 Å². The lowest BCUT2D eigenvalue weighted by Gasteiger charge is -2.37. The maximum Gasteiger partial charge on any atom is 0.122 e. The van der Waals surface area contributed by atoms with Crippen molar-refractivity contribution < 1.29 is 18.9 Å². The van der Waals surface area contributed by atoms with E-state index >= 15 is 0 Å². The van der Waals surface area contributed by atoms with Crippen LogP contribution in [-0.2, 0) is 14.9 Å². The highest BCUT2D eigenvalue weighted by Crippen LogP contribution is 2.58. The Balaban J connectivity index is 1.49. The number of ether oxygens (including phenoxy) is 4. The molecule has 0 amide bonds. The van der Waals surface area contributed by atoms with Gasteiger partial charge < -0.3 is 18.9 Å². The summed E-state index contributed by atoms with van der Waals surface area (Å²) in [7, 11) is 0. The first-order valence-corrected chi connectivity index (χ1v) is 13.1. The maximum absolute atomic E-state index is 6.28. The van der Waals surface area contributed by atoms with Gasteiger partial charge in [0.1, 0.15) is 36.9 Å². The van der Waals surface area contributed by atoms with Gasteiger partial charge in [-0.25, -0.2) is 0 Å². The number of benzene rings is 4. The standard InChI is InChI=1S/C33H30O4/c1-21-27(13-7-15-31(21)36-19-23-17-34-23)33(28-14-8-16-32(22(28)2)37-20-24-18-35-24)29-11-5-3-9-25(29)26-10-4-6-12-30(26)33/h3-16,23-24H,17-20H2,1-2H3. The minimum atomic E-state index is -0.508. The molecule has 37 heavy (non-hydrogen) atoms. The molecular weight excluding hydrogens is 460 g/mol. The molecule has 2 unspecified atom stereocenters. The summed E-state index contributed by atoms with van der Waals surface area (Å²) in [5.74, 6) is 1.82. The SMILES string of the molecule is Cc1c(OCC2CO2)cccc1C1(c2cccc(OCC3CO3)c2C)c2ccccc2-c2ccccc21. The van der Waals surface area contributed by atoms with E-state index in [1.807, 2.05) is 0 Å². The normalized spacial score (nSPS) is 20.2. The summed E-state index contributed by atoms with van der Waals surface area (Å²) in [6.45, 7) is 7.09. The Morgan fingerprint density at radius 1 is 0.595 bits per heavy atom. The maximum atomic E-state index is 6.28. The lowest BCUT2D eigenvalue weighted by atomic mass is 9.65. The fourth-order valence-electron chi connectivity index (χ4n) is 6.01. The van der Waals surface area contributed by atoms with Crippen LogP contribution in [0, 0.1) is 13.8 Å². The molecule has 4 heteroatoms. The smallest absolute Gasteiger partial charge is 0.122 e. The average molecular weight is 491 g/mol. The molecule has 0 saturated carbocycles. The van der Waals surface area contributed by atoms with E-state index in [1.165, 1.54) is 33.4 Å². The third kappa shape index (κ3) is 3.66. The average Bonchev–Trinajstić information content (AvgIpc) is 3.86. The van der Waals surface area contributed by atoms with Crippen LogP contribution in [0.15, 0.2) is 84.9 Å². The zero-order valence-electron chi connectivity index (χ0n) is 21.2. The van der Waals surface area contributed by atoms with Crippen molar-refractivity contribution in [2.24, 2.45) is 0 Å². The molecule has 4 aromatic carbocycles. The van der Waals surface area contributed by atoms with Crippen molar-refractivity contribution >= 4 is 0 Å². The molecule has 2 aliphatic heterocycles. The molecule has 4 aromatic rings. The Morgan fingerprint density at radius 2 is 1.00 bits per heavy atom. The highest BCUT2D eigenvalue weighted by atomic mass is 16.6. The molecule has 4 nitrogen and oxygen atoms in total. The third-order valence-electron chi connectivity index (χ3n) is 7.98. The molecule has 2 atom stereocenters. The summed E-state index contributed by atoms with van der Waals surface area (Å²) in [4.78, 5) is 0. The fourth-order valence-corrected chi connectivity index (χ4v) is 6.01. The first kappa shape index (κ1) is 22.6. The summed E-state index contributed by atoms with van der Waals surface area (Å²) in [5, 5.41) is 0. The fraction of sp³-hybridized carbons (Fsp3) is 0.273. The van der Waals surface area contributed by atoms with Gasteiger partial charge in [-0.05, 0) is 70.5 Å². The van der Waals surface area contributed by atoms with Gasteiger partial charge in [-0.3, -0.25) is 0 Å². The molecule has 0 spiro atoms. The molecule has 0 N–H and O–H groups in total. The van der Waals surface area contributed by atoms with Crippen LogP contribution in [-0.4, -0.2) is 38.6 Å². The van der Waals surface area contributed by atoms with Crippen molar-refractivity contribution in [2.45, 2.75) is 31.5 Å². The van der Waals surface area contributed by atoms with E-state index in [0.29, 0.717) is 13.2 Å². The van der Waals surface area contributed by atoms with Gasteiger partial charge in [0.2, 0.25) is 0 Å². The zero-order valence-corrected chi connectivity index (χ0v) is 21.2. The Hall–Kier alpha value is -3.60. The Morgan fingerprint density at radius 3 is 1.43 bits per heavy atom. The van der Waals surface area contributed by atoms with Gasteiger partial charge >= 0.3 is 0 Å². The van der Waals surface area contributed by atoms with Gasteiger partial charge in [0.25, 0.3) is 0 Å². The van der Waals surface area contributed by atoms with Crippen LogP contribution in [0.3, 0.4) is 0 Å².